The zero-order valence-electron chi connectivity index (χ0n) is 10.6. The van der Waals surface area contributed by atoms with Gasteiger partial charge in [-0.3, -0.25) is 9.69 Å². The van der Waals surface area contributed by atoms with Crippen LogP contribution in [0.1, 0.15) is 19.8 Å². The Kier molecular flexibility index (Phi) is 4.36. The van der Waals surface area contributed by atoms with Crippen LogP contribution in [0.5, 0.6) is 0 Å². The molecule has 0 aliphatic carbocycles. The summed E-state index contributed by atoms with van der Waals surface area (Å²) < 4.78 is 5.41. The quantitative estimate of drug-likeness (QED) is 0.734. The molecule has 0 saturated carbocycles. The predicted octanol–water partition coefficient (Wildman–Crippen LogP) is -0.343. The van der Waals surface area contributed by atoms with E-state index in [4.69, 9.17) is 10.5 Å². The zero-order valence-corrected chi connectivity index (χ0v) is 10.6. The average Bonchev–Trinajstić information content (AvgIpc) is 2.90. The number of morpholine rings is 1. The van der Waals surface area contributed by atoms with Crippen molar-refractivity contribution in [3.8, 4) is 0 Å². The van der Waals surface area contributed by atoms with Gasteiger partial charge in [0, 0.05) is 32.2 Å². The molecule has 2 unspecified atom stereocenters. The summed E-state index contributed by atoms with van der Waals surface area (Å²) in [5.41, 5.74) is 5.74. The number of hydrogen-bond donors (Lipinski definition) is 1. The summed E-state index contributed by atoms with van der Waals surface area (Å²) in [6.07, 6.45) is 2.28. The molecular formula is C12H23N3O2. The molecule has 2 aliphatic rings. The van der Waals surface area contributed by atoms with Gasteiger partial charge in [-0.1, -0.05) is 0 Å². The van der Waals surface area contributed by atoms with E-state index in [1.165, 1.54) is 0 Å². The molecule has 0 aromatic carbocycles. The number of carbonyl (C=O) groups is 1. The first-order valence-corrected chi connectivity index (χ1v) is 6.56. The molecule has 0 aromatic rings. The number of hydrogen-bond acceptors (Lipinski definition) is 4. The monoisotopic (exact) mass is 241 g/mol. The third-order valence-electron chi connectivity index (χ3n) is 3.82. The molecule has 2 rings (SSSR count). The van der Waals surface area contributed by atoms with Crippen LogP contribution in [0.15, 0.2) is 0 Å². The second kappa shape index (κ2) is 5.80. The molecule has 5 heteroatoms. The molecule has 1 amide bonds. The number of ether oxygens (including phenoxy) is 1. The maximum absolute atomic E-state index is 12.3. The van der Waals surface area contributed by atoms with Gasteiger partial charge in [-0.15, -0.1) is 0 Å². The van der Waals surface area contributed by atoms with Gasteiger partial charge in [0.15, 0.2) is 0 Å². The Labute approximate surface area is 103 Å². The number of rotatable bonds is 3. The summed E-state index contributed by atoms with van der Waals surface area (Å²) in [6, 6.07) is 0.121. The van der Waals surface area contributed by atoms with Crippen molar-refractivity contribution in [2.45, 2.75) is 31.8 Å². The lowest BCUT2D eigenvalue weighted by molar-refractivity contribution is -0.138. The Balaban J connectivity index is 1.96. The summed E-state index contributed by atoms with van der Waals surface area (Å²) in [5, 5.41) is 0. The van der Waals surface area contributed by atoms with E-state index in [0.29, 0.717) is 19.8 Å². The van der Waals surface area contributed by atoms with E-state index in [1.54, 1.807) is 0 Å². The molecule has 0 aromatic heterocycles. The van der Waals surface area contributed by atoms with Crippen LogP contribution in [0.4, 0.5) is 0 Å². The smallest absolute Gasteiger partial charge is 0.239 e. The third kappa shape index (κ3) is 2.78. The number of nitrogens with two attached hydrogens (primary N) is 1. The normalized spacial score (nSPS) is 28.4. The number of carbonyl (C=O) groups excluding carboxylic acids is 1. The van der Waals surface area contributed by atoms with Crippen molar-refractivity contribution in [2.24, 2.45) is 5.73 Å². The highest BCUT2D eigenvalue weighted by Gasteiger charge is 2.32. The van der Waals surface area contributed by atoms with Gasteiger partial charge >= 0.3 is 0 Å². The fourth-order valence-corrected chi connectivity index (χ4v) is 2.72. The number of likely N-dealkylation sites (tertiary alicyclic amines) is 1. The fraction of sp³-hybridized carbons (Fsp3) is 0.917. The zero-order chi connectivity index (χ0) is 12.3. The first kappa shape index (κ1) is 12.8. The Morgan fingerprint density at radius 2 is 2.12 bits per heavy atom. The molecule has 2 N–H and O–H groups in total. The van der Waals surface area contributed by atoms with E-state index in [0.717, 1.165) is 32.5 Å². The van der Waals surface area contributed by atoms with Crippen LogP contribution >= 0.6 is 0 Å². The molecule has 98 valence electrons. The van der Waals surface area contributed by atoms with E-state index in [2.05, 4.69) is 4.90 Å². The van der Waals surface area contributed by atoms with Crippen molar-refractivity contribution < 1.29 is 9.53 Å². The van der Waals surface area contributed by atoms with Crippen molar-refractivity contribution in [1.29, 1.82) is 0 Å². The Hall–Kier alpha value is -0.650. The van der Waals surface area contributed by atoms with Crippen molar-refractivity contribution in [3.63, 3.8) is 0 Å². The molecule has 2 heterocycles. The van der Waals surface area contributed by atoms with Gasteiger partial charge in [0.2, 0.25) is 5.91 Å². The third-order valence-corrected chi connectivity index (χ3v) is 3.82. The van der Waals surface area contributed by atoms with Gasteiger partial charge in [0.25, 0.3) is 0 Å². The summed E-state index contributed by atoms with van der Waals surface area (Å²) in [4.78, 5) is 16.5. The van der Waals surface area contributed by atoms with Crippen LogP contribution in [-0.2, 0) is 9.53 Å². The highest BCUT2D eigenvalue weighted by atomic mass is 16.5. The van der Waals surface area contributed by atoms with Crippen LogP contribution in [0.2, 0.25) is 0 Å². The van der Waals surface area contributed by atoms with Crippen LogP contribution in [0, 0.1) is 0 Å². The summed E-state index contributed by atoms with van der Waals surface area (Å²) in [5.74, 6) is 0.253. The van der Waals surface area contributed by atoms with E-state index in [1.807, 2.05) is 11.8 Å². The largest absolute Gasteiger partial charge is 0.378 e. The topological polar surface area (TPSA) is 58.8 Å². The van der Waals surface area contributed by atoms with Gasteiger partial charge in [0.05, 0.1) is 19.3 Å². The first-order valence-electron chi connectivity index (χ1n) is 6.56. The van der Waals surface area contributed by atoms with E-state index >= 15 is 0 Å². The van der Waals surface area contributed by atoms with Gasteiger partial charge in [0.1, 0.15) is 0 Å². The molecule has 0 bridgehead atoms. The van der Waals surface area contributed by atoms with E-state index < -0.39 is 0 Å². The second-order valence-corrected chi connectivity index (χ2v) is 4.91. The highest BCUT2D eigenvalue weighted by Crippen LogP contribution is 2.15. The predicted molar refractivity (Wildman–Crippen MR) is 65.6 cm³/mol. The van der Waals surface area contributed by atoms with Crippen molar-refractivity contribution in [3.05, 3.63) is 0 Å². The summed E-state index contributed by atoms with van der Waals surface area (Å²) in [6.45, 7) is 6.54. The molecule has 5 nitrogen and oxygen atoms in total. The minimum atomic E-state index is -0.0643. The van der Waals surface area contributed by atoms with Crippen LogP contribution in [0.3, 0.4) is 0 Å². The van der Waals surface area contributed by atoms with Crippen LogP contribution < -0.4 is 5.73 Å². The van der Waals surface area contributed by atoms with Gasteiger partial charge in [-0.2, -0.15) is 0 Å². The molecular weight excluding hydrogens is 218 g/mol. The van der Waals surface area contributed by atoms with Gasteiger partial charge < -0.3 is 15.4 Å². The van der Waals surface area contributed by atoms with Gasteiger partial charge in [-0.25, -0.2) is 0 Å². The van der Waals surface area contributed by atoms with Crippen molar-refractivity contribution in [1.82, 2.24) is 9.80 Å². The molecule has 0 spiro atoms. The highest BCUT2D eigenvalue weighted by molar-refractivity contribution is 5.81. The maximum atomic E-state index is 12.3. The lowest BCUT2D eigenvalue weighted by Crippen LogP contribution is -2.57. The van der Waals surface area contributed by atoms with Gasteiger partial charge in [-0.05, 0) is 19.8 Å². The second-order valence-electron chi connectivity index (χ2n) is 4.91. The standard InChI is InChI=1S/C12H23N3O2/c1-10(12(16)14-4-2-3-5-14)15-6-7-17-9-11(15)8-13/h10-11H,2-9,13H2,1H3. The summed E-state index contributed by atoms with van der Waals surface area (Å²) in [7, 11) is 0. The maximum Gasteiger partial charge on any atom is 0.239 e. The van der Waals surface area contributed by atoms with E-state index in [-0.39, 0.29) is 18.0 Å². The summed E-state index contributed by atoms with van der Waals surface area (Å²) >= 11 is 0. The lowest BCUT2D eigenvalue weighted by Gasteiger charge is -2.39. The van der Waals surface area contributed by atoms with Crippen LogP contribution in [0.25, 0.3) is 0 Å². The molecule has 2 aliphatic heterocycles. The Morgan fingerprint density at radius 1 is 1.41 bits per heavy atom. The fourth-order valence-electron chi connectivity index (χ4n) is 2.72. The lowest BCUT2D eigenvalue weighted by atomic mass is 10.1. The molecule has 2 fully saturated rings. The Morgan fingerprint density at radius 3 is 2.76 bits per heavy atom. The molecule has 2 atom stereocenters. The molecule has 0 radical (unpaired) electrons. The molecule has 17 heavy (non-hydrogen) atoms. The SMILES string of the molecule is CC(C(=O)N1CCCC1)N1CCOCC1CN. The molecule has 2 saturated heterocycles. The Bertz CT molecular complexity index is 266. The van der Waals surface area contributed by atoms with Crippen molar-refractivity contribution in [2.75, 3.05) is 39.4 Å². The minimum absolute atomic E-state index is 0.0643. The van der Waals surface area contributed by atoms with Crippen LogP contribution in [-0.4, -0.2) is 67.2 Å². The van der Waals surface area contributed by atoms with Crippen molar-refractivity contribution >= 4 is 5.91 Å². The average molecular weight is 241 g/mol. The first-order chi connectivity index (χ1) is 8.24. The van der Waals surface area contributed by atoms with E-state index in [9.17, 15) is 4.79 Å². The number of amides is 1. The number of nitrogens with zero attached hydrogens (tertiary/aromatic N) is 2. The minimum Gasteiger partial charge on any atom is -0.378 e.